The highest BCUT2D eigenvalue weighted by Crippen LogP contribution is 1.84. The fourth-order valence-electron chi connectivity index (χ4n) is 0.220. The lowest BCUT2D eigenvalue weighted by Gasteiger charge is -1.84. The van der Waals surface area contributed by atoms with Gasteiger partial charge in [0.2, 0.25) is 0 Å². The van der Waals surface area contributed by atoms with Crippen LogP contribution in [0.5, 0.6) is 0 Å². The first kappa shape index (κ1) is 6.16. The van der Waals surface area contributed by atoms with Gasteiger partial charge >= 0.3 is 0 Å². The molecule has 2 heteroatoms. The minimum absolute atomic E-state index is 0.288. The van der Waals surface area contributed by atoms with Crippen molar-refractivity contribution in [3.8, 4) is 6.07 Å². The van der Waals surface area contributed by atoms with Crippen LogP contribution < -0.4 is 0 Å². The molecular formula is C5H8N2. The minimum atomic E-state index is 0.288. The predicted molar refractivity (Wildman–Crippen MR) is 28.2 cm³/mol. The van der Waals surface area contributed by atoms with Crippen LogP contribution in [0.25, 0.3) is 0 Å². The molecule has 0 unspecified atom stereocenters. The van der Waals surface area contributed by atoms with Gasteiger partial charge in [0.05, 0.1) is 12.5 Å². The number of hydrogen-bond acceptors (Lipinski definition) is 2. The number of nitrogens with zero attached hydrogens (tertiary/aromatic N) is 1. The highest BCUT2D eigenvalue weighted by atomic mass is 14.4. The van der Waals surface area contributed by atoms with E-state index in [-0.39, 0.29) is 6.42 Å². The van der Waals surface area contributed by atoms with Gasteiger partial charge in [-0.05, 0) is 6.42 Å². The first-order valence-corrected chi connectivity index (χ1v) is 2.24. The first-order chi connectivity index (χ1) is 3.31. The van der Waals surface area contributed by atoms with E-state index in [2.05, 4.69) is 0 Å². The van der Waals surface area contributed by atoms with Crippen LogP contribution in [0.2, 0.25) is 0 Å². The van der Waals surface area contributed by atoms with E-state index in [9.17, 15) is 0 Å². The Morgan fingerprint density at radius 3 is 2.57 bits per heavy atom. The van der Waals surface area contributed by atoms with Gasteiger partial charge in [0, 0.05) is 5.71 Å². The molecule has 0 aromatic rings. The zero-order valence-corrected chi connectivity index (χ0v) is 4.36. The van der Waals surface area contributed by atoms with Gasteiger partial charge in [-0.25, -0.2) is 0 Å². The van der Waals surface area contributed by atoms with Gasteiger partial charge in [0.15, 0.2) is 0 Å². The summed E-state index contributed by atoms with van der Waals surface area (Å²) >= 11 is 0. The van der Waals surface area contributed by atoms with Crippen molar-refractivity contribution >= 4 is 5.71 Å². The van der Waals surface area contributed by atoms with Crippen LogP contribution in [0.3, 0.4) is 0 Å². The zero-order valence-electron chi connectivity index (χ0n) is 4.36. The molecule has 0 heterocycles. The molecule has 0 atom stereocenters. The second kappa shape index (κ2) is 3.35. The fourth-order valence-corrected chi connectivity index (χ4v) is 0.220. The Bertz CT molecular complexity index is 99.1. The summed E-state index contributed by atoms with van der Waals surface area (Å²) in [4.78, 5) is 0. The molecule has 0 amide bonds. The predicted octanol–water partition coefficient (Wildman–Crippen LogP) is 1.33. The molecule has 0 aliphatic rings. The van der Waals surface area contributed by atoms with Crippen molar-refractivity contribution in [2.45, 2.75) is 19.8 Å². The number of nitrogens with one attached hydrogen (secondary N) is 1. The van der Waals surface area contributed by atoms with Crippen molar-refractivity contribution in [2.24, 2.45) is 0 Å². The maximum atomic E-state index is 7.98. The molecule has 1 N–H and O–H groups in total. The molecule has 2 nitrogen and oxygen atoms in total. The van der Waals surface area contributed by atoms with Gasteiger partial charge in [0.1, 0.15) is 0 Å². The molecule has 0 fully saturated rings. The molecule has 38 valence electrons. The molecule has 0 spiro atoms. The second-order valence-electron chi connectivity index (χ2n) is 1.29. The van der Waals surface area contributed by atoms with E-state index >= 15 is 0 Å². The van der Waals surface area contributed by atoms with Gasteiger partial charge in [-0.2, -0.15) is 5.26 Å². The number of rotatable bonds is 2. The van der Waals surface area contributed by atoms with Gasteiger partial charge in [-0.3, -0.25) is 0 Å². The van der Waals surface area contributed by atoms with E-state index in [1.165, 1.54) is 0 Å². The second-order valence-corrected chi connectivity index (χ2v) is 1.29. The molecule has 0 radical (unpaired) electrons. The zero-order chi connectivity index (χ0) is 5.70. The Kier molecular flexibility index (Phi) is 2.95. The molecule has 7 heavy (non-hydrogen) atoms. The number of nitriles is 1. The normalized spacial score (nSPS) is 7.43. The quantitative estimate of drug-likeness (QED) is 0.518. The van der Waals surface area contributed by atoms with Crippen molar-refractivity contribution in [1.82, 2.24) is 0 Å². The summed E-state index contributed by atoms with van der Waals surface area (Å²) in [5.41, 5.74) is 0.516. The summed E-state index contributed by atoms with van der Waals surface area (Å²) in [5.74, 6) is 0. The lowest BCUT2D eigenvalue weighted by molar-refractivity contribution is 1.18. The lowest BCUT2D eigenvalue weighted by atomic mass is 10.2. The maximum absolute atomic E-state index is 7.98. The standard InChI is InChI=1S/C5H8N2/c1-2-5(7)3-4-6/h7H,2-3H2,1H3. The van der Waals surface area contributed by atoms with Crippen LogP contribution in [0, 0.1) is 16.7 Å². The highest BCUT2D eigenvalue weighted by molar-refractivity contribution is 5.82. The summed E-state index contributed by atoms with van der Waals surface area (Å²) in [6, 6.07) is 1.89. The monoisotopic (exact) mass is 96.1 g/mol. The smallest absolute Gasteiger partial charge is 0.0728 e. The van der Waals surface area contributed by atoms with E-state index in [0.29, 0.717) is 12.1 Å². The van der Waals surface area contributed by atoms with Crippen LogP contribution in [-0.2, 0) is 0 Å². The Morgan fingerprint density at radius 1 is 1.86 bits per heavy atom. The SMILES string of the molecule is CCC(=N)CC#N. The summed E-state index contributed by atoms with van der Waals surface area (Å²) in [6.07, 6.45) is 0.990. The summed E-state index contributed by atoms with van der Waals surface area (Å²) in [6.45, 7) is 1.87. The van der Waals surface area contributed by atoms with E-state index in [1.807, 2.05) is 13.0 Å². The Hall–Kier alpha value is -0.840. The Morgan fingerprint density at radius 2 is 2.43 bits per heavy atom. The van der Waals surface area contributed by atoms with Crippen LogP contribution in [-0.4, -0.2) is 5.71 Å². The van der Waals surface area contributed by atoms with E-state index < -0.39 is 0 Å². The van der Waals surface area contributed by atoms with Gasteiger partial charge in [0.25, 0.3) is 0 Å². The Labute approximate surface area is 43.3 Å². The summed E-state index contributed by atoms with van der Waals surface area (Å²) < 4.78 is 0. The van der Waals surface area contributed by atoms with E-state index in [4.69, 9.17) is 10.7 Å². The van der Waals surface area contributed by atoms with E-state index in [0.717, 1.165) is 0 Å². The molecule has 0 bridgehead atoms. The van der Waals surface area contributed by atoms with Crippen molar-refractivity contribution in [1.29, 1.82) is 10.7 Å². The third kappa shape index (κ3) is 2.98. The van der Waals surface area contributed by atoms with Gasteiger partial charge in [-0.1, -0.05) is 6.92 Å². The highest BCUT2D eigenvalue weighted by Gasteiger charge is 1.86. The van der Waals surface area contributed by atoms with Gasteiger partial charge in [-0.15, -0.1) is 0 Å². The number of hydrogen-bond donors (Lipinski definition) is 1. The van der Waals surface area contributed by atoms with E-state index in [1.54, 1.807) is 0 Å². The minimum Gasteiger partial charge on any atom is -0.309 e. The summed E-state index contributed by atoms with van der Waals surface area (Å²) in [5, 5.41) is 14.9. The van der Waals surface area contributed by atoms with Crippen molar-refractivity contribution < 1.29 is 0 Å². The molecular weight excluding hydrogens is 88.1 g/mol. The first-order valence-electron chi connectivity index (χ1n) is 2.24. The molecule has 0 aliphatic heterocycles. The third-order valence-corrected chi connectivity index (χ3v) is 0.719. The third-order valence-electron chi connectivity index (χ3n) is 0.719. The summed E-state index contributed by atoms with van der Waals surface area (Å²) in [7, 11) is 0. The topological polar surface area (TPSA) is 47.6 Å². The largest absolute Gasteiger partial charge is 0.309 e. The van der Waals surface area contributed by atoms with Crippen LogP contribution in [0.15, 0.2) is 0 Å². The average molecular weight is 96.1 g/mol. The Balaban J connectivity index is 3.23. The molecule has 0 aliphatic carbocycles. The van der Waals surface area contributed by atoms with Crippen molar-refractivity contribution in [3.05, 3.63) is 0 Å². The average Bonchev–Trinajstić information content (AvgIpc) is 1.68. The van der Waals surface area contributed by atoms with Crippen LogP contribution in [0.1, 0.15) is 19.8 Å². The molecule has 0 aromatic heterocycles. The van der Waals surface area contributed by atoms with Crippen molar-refractivity contribution in [3.63, 3.8) is 0 Å². The van der Waals surface area contributed by atoms with Crippen LogP contribution in [0.4, 0.5) is 0 Å². The molecule has 0 rings (SSSR count). The molecule has 0 saturated carbocycles. The van der Waals surface area contributed by atoms with Gasteiger partial charge < -0.3 is 5.41 Å². The maximum Gasteiger partial charge on any atom is 0.0728 e. The fraction of sp³-hybridized carbons (Fsp3) is 0.600. The molecule has 0 saturated heterocycles. The molecule has 0 aromatic carbocycles. The van der Waals surface area contributed by atoms with Crippen LogP contribution >= 0.6 is 0 Å². The lowest BCUT2D eigenvalue weighted by Crippen LogP contribution is -1.88. The van der Waals surface area contributed by atoms with Crippen molar-refractivity contribution in [2.75, 3.05) is 0 Å².